The van der Waals surface area contributed by atoms with E-state index in [4.69, 9.17) is 5.11 Å². The molecule has 0 amide bonds. The maximum Gasteiger partial charge on any atom is 0.305 e. The SMILES string of the molecule is O=C(O)CC1(NS(=O)(=O)C2CC2)CCNCC1. The normalized spacial score (nSPS) is 24.5. The number of hydrogen-bond donors (Lipinski definition) is 3. The lowest BCUT2D eigenvalue weighted by atomic mass is 9.86. The Labute approximate surface area is 101 Å². The summed E-state index contributed by atoms with van der Waals surface area (Å²) in [7, 11) is -3.33. The molecule has 1 aliphatic carbocycles. The molecule has 3 N–H and O–H groups in total. The van der Waals surface area contributed by atoms with E-state index in [0.717, 1.165) is 0 Å². The molecule has 0 aromatic rings. The first-order chi connectivity index (χ1) is 7.94. The molecule has 0 unspecified atom stereocenters. The first-order valence-corrected chi connectivity index (χ1v) is 7.44. The van der Waals surface area contributed by atoms with Crippen molar-refractivity contribution in [2.75, 3.05) is 13.1 Å². The fourth-order valence-corrected chi connectivity index (χ4v) is 4.08. The van der Waals surface area contributed by atoms with Gasteiger partial charge >= 0.3 is 5.97 Å². The predicted molar refractivity (Wildman–Crippen MR) is 62.2 cm³/mol. The molecule has 0 bridgehead atoms. The molecule has 1 heterocycles. The van der Waals surface area contributed by atoms with Gasteiger partial charge in [0.1, 0.15) is 0 Å². The fraction of sp³-hybridized carbons (Fsp3) is 0.900. The number of carboxylic acid groups (broad SMARTS) is 1. The van der Waals surface area contributed by atoms with Crippen molar-refractivity contribution >= 4 is 16.0 Å². The van der Waals surface area contributed by atoms with Crippen LogP contribution in [0.25, 0.3) is 0 Å². The van der Waals surface area contributed by atoms with Gasteiger partial charge in [-0.2, -0.15) is 0 Å². The lowest BCUT2D eigenvalue weighted by Crippen LogP contribution is -2.56. The van der Waals surface area contributed by atoms with E-state index < -0.39 is 21.5 Å². The summed E-state index contributed by atoms with van der Waals surface area (Å²) in [4.78, 5) is 10.9. The highest BCUT2D eigenvalue weighted by Gasteiger charge is 2.43. The fourth-order valence-electron chi connectivity index (χ4n) is 2.27. The van der Waals surface area contributed by atoms with E-state index in [1.807, 2.05) is 0 Å². The number of hydrogen-bond acceptors (Lipinski definition) is 4. The number of aliphatic carboxylic acids is 1. The average molecular weight is 262 g/mol. The average Bonchev–Trinajstić information content (AvgIpc) is 2.99. The molecule has 1 aliphatic heterocycles. The smallest absolute Gasteiger partial charge is 0.305 e. The van der Waals surface area contributed by atoms with Crippen molar-refractivity contribution in [3.63, 3.8) is 0 Å². The van der Waals surface area contributed by atoms with Gasteiger partial charge in [0.05, 0.1) is 11.7 Å². The zero-order valence-electron chi connectivity index (χ0n) is 9.61. The third-order valence-corrected chi connectivity index (χ3v) is 5.44. The van der Waals surface area contributed by atoms with Gasteiger partial charge in [0.2, 0.25) is 10.0 Å². The van der Waals surface area contributed by atoms with E-state index >= 15 is 0 Å². The lowest BCUT2D eigenvalue weighted by Gasteiger charge is -2.36. The molecule has 7 heteroatoms. The summed E-state index contributed by atoms with van der Waals surface area (Å²) in [6.07, 6.45) is 2.31. The van der Waals surface area contributed by atoms with Gasteiger partial charge in [-0.25, -0.2) is 13.1 Å². The molecule has 98 valence electrons. The molecule has 6 nitrogen and oxygen atoms in total. The Morgan fingerprint density at radius 1 is 1.35 bits per heavy atom. The van der Waals surface area contributed by atoms with Gasteiger partial charge in [-0.3, -0.25) is 4.79 Å². The molecule has 0 spiro atoms. The third kappa shape index (κ3) is 3.17. The van der Waals surface area contributed by atoms with Gasteiger partial charge in [-0.1, -0.05) is 0 Å². The second kappa shape index (κ2) is 4.55. The second-order valence-electron chi connectivity index (χ2n) is 4.95. The summed E-state index contributed by atoms with van der Waals surface area (Å²) in [6.45, 7) is 1.31. The van der Waals surface area contributed by atoms with Gasteiger partial charge in [0, 0.05) is 5.54 Å². The Balaban J connectivity index is 2.11. The molecule has 0 atom stereocenters. The summed E-state index contributed by atoms with van der Waals surface area (Å²) < 4.78 is 26.5. The highest BCUT2D eigenvalue weighted by atomic mass is 32.2. The molecule has 2 aliphatic rings. The molecular formula is C10H18N2O4S. The van der Waals surface area contributed by atoms with Crippen LogP contribution in [0.1, 0.15) is 32.1 Å². The number of rotatable bonds is 5. The van der Waals surface area contributed by atoms with Crippen molar-refractivity contribution in [1.82, 2.24) is 10.0 Å². The van der Waals surface area contributed by atoms with E-state index in [1.165, 1.54) is 0 Å². The van der Waals surface area contributed by atoms with Crippen LogP contribution in [0.4, 0.5) is 0 Å². The number of carboxylic acids is 1. The molecule has 2 rings (SSSR count). The summed E-state index contributed by atoms with van der Waals surface area (Å²) in [5, 5.41) is 11.7. The number of nitrogens with one attached hydrogen (secondary N) is 2. The van der Waals surface area contributed by atoms with Crippen LogP contribution >= 0.6 is 0 Å². The summed E-state index contributed by atoms with van der Waals surface area (Å²) in [5.74, 6) is -0.953. The van der Waals surface area contributed by atoms with Crippen LogP contribution in [0.3, 0.4) is 0 Å². The van der Waals surface area contributed by atoms with E-state index in [0.29, 0.717) is 38.8 Å². The summed E-state index contributed by atoms with van der Waals surface area (Å²) in [6, 6.07) is 0. The zero-order valence-corrected chi connectivity index (χ0v) is 10.4. The molecule has 0 aromatic carbocycles. The molecule has 2 fully saturated rings. The van der Waals surface area contributed by atoms with E-state index in [-0.39, 0.29) is 11.7 Å². The summed E-state index contributed by atoms with van der Waals surface area (Å²) in [5.41, 5.74) is -0.793. The van der Waals surface area contributed by atoms with Crippen molar-refractivity contribution in [3.8, 4) is 0 Å². The maximum absolute atomic E-state index is 11.9. The Bertz CT molecular complexity index is 397. The van der Waals surface area contributed by atoms with Gasteiger partial charge in [0.15, 0.2) is 0 Å². The summed E-state index contributed by atoms with van der Waals surface area (Å²) >= 11 is 0. The van der Waals surface area contributed by atoms with Gasteiger partial charge in [-0.05, 0) is 38.8 Å². The second-order valence-corrected chi connectivity index (χ2v) is 6.91. The number of piperidine rings is 1. The maximum atomic E-state index is 11.9. The minimum atomic E-state index is -3.33. The monoisotopic (exact) mass is 262 g/mol. The highest BCUT2D eigenvalue weighted by Crippen LogP contribution is 2.31. The Morgan fingerprint density at radius 3 is 2.41 bits per heavy atom. The minimum Gasteiger partial charge on any atom is -0.481 e. The Kier molecular flexibility index (Phi) is 3.42. The predicted octanol–water partition coefficient (Wildman–Crippen LogP) is -0.335. The third-order valence-electron chi connectivity index (χ3n) is 3.37. The molecule has 1 saturated heterocycles. The van der Waals surface area contributed by atoms with Crippen LogP contribution < -0.4 is 10.0 Å². The highest BCUT2D eigenvalue weighted by molar-refractivity contribution is 7.90. The van der Waals surface area contributed by atoms with Crippen LogP contribution in [-0.2, 0) is 14.8 Å². The van der Waals surface area contributed by atoms with Crippen molar-refractivity contribution in [2.24, 2.45) is 0 Å². The van der Waals surface area contributed by atoms with Crippen LogP contribution in [0.5, 0.6) is 0 Å². The van der Waals surface area contributed by atoms with Gasteiger partial charge < -0.3 is 10.4 Å². The topological polar surface area (TPSA) is 95.5 Å². The quantitative estimate of drug-likeness (QED) is 0.630. The molecule has 0 radical (unpaired) electrons. The number of carbonyl (C=O) groups is 1. The molecule has 17 heavy (non-hydrogen) atoms. The zero-order chi connectivity index (χ0) is 12.5. The largest absolute Gasteiger partial charge is 0.481 e. The molecule has 1 saturated carbocycles. The van der Waals surface area contributed by atoms with Crippen molar-refractivity contribution in [3.05, 3.63) is 0 Å². The Hall–Kier alpha value is -0.660. The first kappa shape index (κ1) is 12.8. The van der Waals surface area contributed by atoms with Gasteiger partial charge in [0.25, 0.3) is 0 Å². The first-order valence-electron chi connectivity index (χ1n) is 5.89. The number of sulfonamides is 1. The van der Waals surface area contributed by atoms with Crippen molar-refractivity contribution in [2.45, 2.75) is 42.9 Å². The minimum absolute atomic E-state index is 0.138. The van der Waals surface area contributed by atoms with Crippen LogP contribution in [0.2, 0.25) is 0 Å². The van der Waals surface area contributed by atoms with Crippen LogP contribution in [0.15, 0.2) is 0 Å². The molecule has 0 aromatic heterocycles. The van der Waals surface area contributed by atoms with Crippen LogP contribution in [0, 0.1) is 0 Å². The van der Waals surface area contributed by atoms with E-state index in [9.17, 15) is 13.2 Å². The van der Waals surface area contributed by atoms with Crippen molar-refractivity contribution < 1.29 is 18.3 Å². The standard InChI is InChI=1S/C10H18N2O4S/c13-9(14)7-10(3-5-11-6-4-10)12-17(15,16)8-1-2-8/h8,11-12H,1-7H2,(H,13,14). The molecular weight excluding hydrogens is 244 g/mol. The van der Waals surface area contributed by atoms with E-state index in [1.54, 1.807) is 0 Å². The Morgan fingerprint density at radius 2 is 1.94 bits per heavy atom. The van der Waals surface area contributed by atoms with Crippen molar-refractivity contribution in [1.29, 1.82) is 0 Å². The van der Waals surface area contributed by atoms with Gasteiger partial charge in [-0.15, -0.1) is 0 Å². The lowest BCUT2D eigenvalue weighted by molar-refractivity contribution is -0.138. The van der Waals surface area contributed by atoms with E-state index in [2.05, 4.69) is 10.0 Å². The van der Waals surface area contributed by atoms with Crippen LogP contribution in [-0.4, -0.2) is 43.4 Å².